The van der Waals surface area contributed by atoms with Gasteiger partial charge in [0.05, 0.1) is 21.8 Å². The van der Waals surface area contributed by atoms with Crippen LogP contribution in [-0.4, -0.2) is 21.9 Å². The van der Waals surface area contributed by atoms with Crippen LogP contribution in [0.1, 0.15) is 45.1 Å². The molecular weight excluding hydrogens is 488 g/mol. The number of aryl methyl sites for hydroxylation is 1. The second-order valence-electron chi connectivity index (χ2n) is 8.81. The number of thiazole rings is 1. The first kappa shape index (κ1) is 22.8. The summed E-state index contributed by atoms with van der Waals surface area (Å²) in [7, 11) is 0. The van der Waals surface area contributed by atoms with E-state index in [4.69, 9.17) is 4.99 Å². The summed E-state index contributed by atoms with van der Waals surface area (Å²) in [4.78, 5) is 31.9. The summed E-state index contributed by atoms with van der Waals surface area (Å²) in [6.07, 6.45) is 5.65. The van der Waals surface area contributed by atoms with Crippen LogP contribution in [0.4, 0.5) is 0 Å². The Kier molecular flexibility index (Phi) is 5.74. The molecule has 1 unspecified atom stereocenters. The molecule has 5 nitrogen and oxygen atoms in total. The Bertz CT molecular complexity index is 1710. The zero-order valence-electron chi connectivity index (χ0n) is 19.5. The number of rotatable bonds is 4. The van der Waals surface area contributed by atoms with Crippen molar-refractivity contribution in [3.8, 4) is 0 Å². The van der Waals surface area contributed by atoms with E-state index >= 15 is 0 Å². The number of allylic oxidation sites excluding steroid dienone is 1. The fraction of sp³-hybridized carbons (Fsp3) is 0.138. The van der Waals surface area contributed by atoms with Gasteiger partial charge in [0.2, 0.25) is 0 Å². The van der Waals surface area contributed by atoms with Crippen LogP contribution in [0.25, 0.3) is 11.8 Å². The van der Waals surface area contributed by atoms with Gasteiger partial charge >= 0.3 is 5.97 Å². The van der Waals surface area contributed by atoms with Gasteiger partial charge in [0.15, 0.2) is 4.80 Å². The minimum Gasteiger partial charge on any atom is -0.478 e. The lowest BCUT2D eigenvalue weighted by molar-refractivity contribution is 0.0697. The molecule has 2 aliphatic rings. The van der Waals surface area contributed by atoms with Crippen LogP contribution in [0.15, 0.2) is 93.1 Å². The SMILES string of the molecule is CSc1ccc(C2C3=C(N=c4sc(=Cc5ccc(C(=O)O)cc5)c(=O)n42)c2ccccc2CC3)cc1. The third kappa shape index (κ3) is 3.85. The Morgan fingerprint density at radius 3 is 2.53 bits per heavy atom. The molecule has 1 aliphatic heterocycles. The number of carboxylic acid groups (broad SMARTS) is 1. The van der Waals surface area contributed by atoms with Crippen molar-refractivity contribution in [1.82, 2.24) is 4.57 Å². The molecule has 178 valence electrons. The molecule has 0 saturated heterocycles. The van der Waals surface area contributed by atoms with Crippen LogP contribution in [0.2, 0.25) is 0 Å². The van der Waals surface area contributed by atoms with Gasteiger partial charge in [0, 0.05) is 10.5 Å². The zero-order valence-corrected chi connectivity index (χ0v) is 21.1. The molecule has 0 saturated carbocycles. The highest BCUT2D eigenvalue weighted by atomic mass is 32.2. The van der Waals surface area contributed by atoms with Crippen molar-refractivity contribution in [3.63, 3.8) is 0 Å². The van der Waals surface area contributed by atoms with Gasteiger partial charge in [-0.1, -0.05) is 59.9 Å². The quantitative estimate of drug-likeness (QED) is 0.403. The molecule has 0 bridgehead atoms. The fourth-order valence-corrected chi connectivity index (χ4v) is 6.39. The summed E-state index contributed by atoms with van der Waals surface area (Å²) in [5, 5.41) is 9.18. The molecule has 3 aromatic carbocycles. The van der Waals surface area contributed by atoms with Gasteiger partial charge in [-0.3, -0.25) is 9.36 Å². The van der Waals surface area contributed by atoms with Gasteiger partial charge in [0.1, 0.15) is 0 Å². The van der Waals surface area contributed by atoms with E-state index in [1.165, 1.54) is 27.4 Å². The van der Waals surface area contributed by atoms with Crippen molar-refractivity contribution < 1.29 is 9.90 Å². The van der Waals surface area contributed by atoms with Crippen LogP contribution >= 0.6 is 23.1 Å². The number of fused-ring (bicyclic) bond motifs is 3. The maximum Gasteiger partial charge on any atom is 0.335 e. The van der Waals surface area contributed by atoms with Gasteiger partial charge in [-0.15, -0.1) is 11.8 Å². The first-order valence-corrected chi connectivity index (χ1v) is 13.7. The normalized spacial score (nSPS) is 16.7. The van der Waals surface area contributed by atoms with Crippen molar-refractivity contribution in [1.29, 1.82) is 0 Å². The first-order chi connectivity index (χ1) is 17.5. The molecule has 2 heterocycles. The Morgan fingerprint density at radius 2 is 1.81 bits per heavy atom. The summed E-state index contributed by atoms with van der Waals surface area (Å²) in [5.41, 5.74) is 6.58. The minimum atomic E-state index is -0.973. The second kappa shape index (κ2) is 9.08. The average Bonchev–Trinajstić information content (AvgIpc) is 3.22. The van der Waals surface area contributed by atoms with E-state index in [1.54, 1.807) is 36.0 Å². The molecule has 1 aliphatic carbocycles. The Morgan fingerprint density at radius 1 is 1.06 bits per heavy atom. The summed E-state index contributed by atoms with van der Waals surface area (Å²) in [6.45, 7) is 0. The molecule has 36 heavy (non-hydrogen) atoms. The Labute approximate surface area is 215 Å². The Balaban J connectivity index is 1.56. The molecule has 0 fully saturated rings. The average molecular weight is 511 g/mol. The second-order valence-corrected chi connectivity index (χ2v) is 10.7. The van der Waals surface area contributed by atoms with Crippen molar-refractivity contribution >= 4 is 40.8 Å². The van der Waals surface area contributed by atoms with E-state index in [2.05, 4.69) is 48.7 Å². The number of aromatic nitrogens is 1. The van der Waals surface area contributed by atoms with Gasteiger partial charge in [-0.2, -0.15) is 0 Å². The summed E-state index contributed by atoms with van der Waals surface area (Å²) >= 11 is 3.07. The molecule has 0 spiro atoms. The highest BCUT2D eigenvalue weighted by molar-refractivity contribution is 7.98. The van der Waals surface area contributed by atoms with Gasteiger partial charge in [0.25, 0.3) is 5.56 Å². The maximum atomic E-state index is 13.8. The van der Waals surface area contributed by atoms with Gasteiger partial charge in [-0.05, 0) is 71.7 Å². The predicted octanol–water partition coefficient (Wildman–Crippen LogP) is 4.74. The van der Waals surface area contributed by atoms with Crippen molar-refractivity contribution in [2.45, 2.75) is 23.8 Å². The van der Waals surface area contributed by atoms with Crippen LogP contribution in [-0.2, 0) is 6.42 Å². The molecule has 4 aromatic rings. The number of aromatic carboxylic acids is 1. The van der Waals surface area contributed by atoms with Crippen LogP contribution in [0.5, 0.6) is 0 Å². The monoisotopic (exact) mass is 510 g/mol. The summed E-state index contributed by atoms with van der Waals surface area (Å²) in [5.74, 6) is -0.973. The third-order valence-corrected chi connectivity index (χ3v) is 8.49. The zero-order chi connectivity index (χ0) is 24.8. The van der Waals surface area contributed by atoms with E-state index in [0.29, 0.717) is 9.33 Å². The highest BCUT2D eigenvalue weighted by Gasteiger charge is 2.32. The maximum absolute atomic E-state index is 13.8. The van der Waals surface area contributed by atoms with Crippen molar-refractivity contribution in [3.05, 3.63) is 126 Å². The number of benzene rings is 3. The smallest absolute Gasteiger partial charge is 0.335 e. The van der Waals surface area contributed by atoms with Crippen LogP contribution < -0.4 is 14.9 Å². The largest absolute Gasteiger partial charge is 0.478 e. The number of carbonyl (C=O) groups is 1. The summed E-state index contributed by atoms with van der Waals surface area (Å²) < 4.78 is 2.42. The minimum absolute atomic E-state index is 0.0783. The van der Waals surface area contributed by atoms with E-state index < -0.39 is 5.97 Å². The topological polar surface area (TPSA) is 71.7 Å². The van der Waals surface area contributed by atoms with Crippen molar-refractivity contribution in [2.75, 3.05) is 6.26 Å². The molecular formula is C29H22N2O3S2. The molecule has 6 rings (SSSR count). The van der Waals surface area contributed by atoms with E-state index in [1.807, 2.05) is 16.7 Å². The van der Waals surface area contributed by atoms with E-state index in [-0.39, 0.29) is 17.2 Å². The van der Waals surface area contributed by atoms with Crippen molar-refractivity contribution in [2.24, 2.45) is 4.99 Å². The number of carboxylic acids is 1. The molecule has 1 aromatic heterocycles. The lowest BCUT2D eigenvalue weighted by Crippen LogP contribution is -2.38. The summed E-state index contributed by atoms with van der Waals surface area (Å²) in [6, 6.07) is 23.2. The first-order valence-electron chi connectivity index (χ1n) is 11.6. The third-order valence-electron chi connectivity index (χ3n) is 6.76. The van der Waals surface area contributed by atoms with Crippen LogP contribution in [0, 0.1) is 0 Å². The Hall–Kier alpha value is -3.68. The number of nitrogens with zero attached hydrogens (tertiary/aromatic N) is 2. The van der Waals surface area contributed by atoms with E-state index in [9.17, 15) is 14.7 Å². The van der Waals surface area contributed by atoms with Gasteiger partial charge < -0.3 is 5.11 Å². The standard InChI is InChI=1S/C29H22N2O3S2/c1-35-21-13-10-19(11-14-21)26-23-15-12-18-4-2-3-5-22(18)25(23)30-29-31(26)27(32)24(36-29)16-17-6-8-20(9-7-17)28(33)34/h2-11,13-14,16,26H,12,15H2,1H3,(H,33,34). The van der Waals surface area contributed by atoms with Crippen LogP contribution in [0.3, 0.4) is 0 Å². The number of hydrogen-bond acceptors (Lipinski definition) is 5. The number of thioether (sulfide) groups is 1. The predicted molar refractivity (Wildman–Crippen MR) is 144 cm³/mol. The molecule has 7 heteroatoms. The number of hydrogen-bond donors (Lipinski definition) is 1. The molecule has 0 amide bonds. The molecule has 0 radical (unpaired) electrons. The van der Waals surface area contributed by atoms with E-state index in [0.717, 1.165) is 35.2 Å². The fourth-order valence-electron chi connectivity index (χ4n) is 4.98. The van der Waals surface area contributed by atoms with Gasteiger partial charge in [-0.25, -0.2) is 9.79 Å². The lowest BCUT2D eigenvalue weighted by atomic mass is 9.83. The molecule has 1 atom stereocenters. The molecule has 1 N–H and O–H groups in total. The highest BCUT2D eigenvalue weighted by Crippen LogP contribution is 2.41. The lowest BCUT2D eigenvalue weighted by Gasteiger charge is -2.30.